The molecule has 0 spiro atoms. The van der Waals surface area contributed by atoms with Crippen LogP contribution in [0.25, 0.3) is 0 Å². The predicted octanol–water partition coefficient (Wildman–Crippen LogP) is 3.63. The quantitative estimate of drug-likeness (QED) is 0.829. The summed E-state index contributed by atoms with van der Waals surface area (Å²) in [6, 6.07) is 5.43. The summed E-state index contributed by atoms with van der Waals surface area (Å²) in [6.45, 7) is 1.66. The number of likely N-dealkylation sites (tertiary alicyclic amines) is 1. The summed E-state index contributed by atoms with van der Waals surface area (Å²) in [5.74, 6) is 0.560. The molecule has 5 nitrogen and oxygen atoms in total. The lowest BCUT2D eigenvalue weighted by molar-refractivity contribution is 0.0592. The van der Waals surface area contributed by atoms with Crippen molar-refractivity contribution in [2.75, 3.05) is 13.7 Å². The number of hydrogen-bond donors (Lipinski definition) is 0. The first kappa shape index (κ1) is 16.8. The number of piperidine rings is 1. The van der Waals surface area contributed by atoms with E-state index in [0.717, 1.165) is 38.8 Å². The number of halogens is 1. The Kier molecular flexibility index (Phi) is 5.41. The lowest BCUT2D eigenvalue weighted by Gasteiger charge is -2.36. The molecule has 1 saturated heterocycles. The van der Waals surface area contributed by atoms with Crippen LogP contribution >= 0.6 is 11.6 Å². The molecule has 2 aromatic rings. The Morgan fingerprint density at radius 2 is 2.29 bits per heavy atom. The normalized spacial score (nSPS) is 17.8. The Labute approximate surface area is 147 Å². The van der Waals surface area contributed by atoms with Crippen molar-refractivity contribution in [1.82, 2.24) is 14.5 Å². The van der Waals surface area contributed by atoms with Crippen molar-refractivity contribution >= 4 is 17.5 Å². The highest BCUT2D eigenvalue weighted by molar-refractivity contribution is 6.30. The van der Waals surface area contributed by atoms with Crippen molar-refractivity contribution < 1.29 is 9.53 Å². The number of aromatic nitrogens is 2. The number of ether oxygens (including phenoxy) is 1. The number of carbonyl (C=O) groups is 1. The number of hydrogen-bond acceptors (Lipinski definition) is 3. The van der Waals surface area contributed by atoms with Crippen molar-refractivity contribution in [3.05, 3.63) is 47.5 Å². The smallest absolute Gasteiger partial charge is 0.257 e. The van der Waals surface area contributed by atoms with Gasteiger partial charge in [-0.1, -0.05) is 11.6 Å². The number of benzene rings is 1. The van der Waals surface area contributed by atoms with E-state index in [4.69, 9.17) is 16.3 Å². The maximum absolute atomic E-state index is 13.0. The standard InChI is InChI=1S/C18H22ClN3O2/c1-24-17-12-14(19)5-6-16(17)18(23)22-9-3-2-4-15(22)7-10-21-11-8-20-13-21/h5-6,8,11-13,15H,2-4,7,9-10H2,1H3/t15-/m0/s1. The third-order valence-corrected chi connectivity index (χ3v) is 4.80. The van der Waals surface area contributed by atoms with Gasteiger partial charge in [0, 0.05) is 36.5 Å². The van der Waals surface area contributed by atoms with E-state index in [1.807, 2.05) is 17.4 Å². The molecule has 0 aliphatic carbocycles. The average Bonchev–Trinajstić information content (AvgIpc) is 3.13. The summed E-state index contributed by atoms with van der Waals surface area (Å²) in [4.78, 5) is 19.1. The molecule has 3 rings (SSSR count). The molecular weight excluding hydrogens is 326 g/mol. The maximum Gasteiger partial charge on any atom is 0.257 e. The summed E-state index contributed by atoms with van der Waals surface area (Å²) in [6.07, 6.45) is 9.73. The van der Waals surface area contributed by atoms with Gasteiger partial charge in [0.25, 0.3) is 5.91 Å². The SMILES string of the molecule is COc1cc(Cl)ccc1C(=O)N1CCCC[C@H]1CCn1ccnc1. The first-order valence-electron chi connectivity index (χ1n) is 8.29. The van der Waals surface area contributed by atoms with E-state index in [-0.39, 0.29) is 11.9 Å². The second kappa shape index (κ2) is 7.71. The highest BCUT2D eigenvalue weighted by Gasteiger charge is 2.28. The van der Waals surface area contributed by atoms with Gasteiger partial charge in [-0.2, -0.15) is 0 Å². The summed E-state index contributed by atoms with van der Waals surface area (Å²) < 4.78 is 7.40. The zero-order valence-electron chi connectivity index (χ0n) is 13.8. The van der Waals surface area contributed by atoms with E-state index in [0.29, 0.717) is 16.3 Å². The fourth-order valence-corrected chi connectivity index (χ4v) is 3.44. The number of aryl methyl sites for hydroxylation is 1. The number of rotatable bonds is 5. The first-order chi connectivity index (χ1) is 11.7. The van der Waals surface area contributed by atoms with E-state index in [1.165, 1.54) is 0 Å². The number of nitrogens with zero attached hydrogens (tertiary/aromatic N) is 3. The van der Waals surface area contributed by atoms with Crippen molar-refractivity contribution in [2.45, 2.75) is 38.3 Å². The molecule has 6 heteroatoms. The van der Waals surface area contributed by atoms with Crippen molar-refractivity contribution in [2.24, 2.45) is 0 Å². The second-order valence-electron chi connectivity index (χ2n) is 6.08. The average molecular weight is 348 g/mol. The van der Waals surface area contributed by atoms with E-state index in [1.54, 1.807) is 31.5 Å². The number of amides is 1. The van der Waals surface area contributed by atoms with Gasteiger partial charge in [-0.15, -0.1) is 0 Å². The minimum atomic E-state index is 0.0267. The largest absolute Gasteiger partial charge is 0.496 e. The molecule has 0 saturated carbocycles. The van der Waals surface area contributed by atoms with Crippen molar-refractivity contribution in [3.8, 4) is 5.75 Å². The Morgan fingerprint density at radius 3 is 3.04 bits per heavy atom. The molecule has 1 aliphatic rings. The third-order valence-electron chi connectivity index (χ3n) is 4.56. The first-order valence-corrected chi connectivity index (χ1v) is 8.67. The van der Waals surface area contributed by atoms with E-state index in [2.05, 4.69) is 9.55 Å². The molecule has 1 atom stereocenters. The molecular formula is C18H22ClN3O2. The molecule has 0 unspecified atom stereocenters. The van der Waals surface area contributed by atoms with Gasteiger partial charge in [-0.05, 0) is 43.9 Å². The predicted molar refractivity (Wildman–Crippen MR) is 93.5 cm³/mol. The van der Waals surface area contributed by atoms with Crippen LogP contribution in [-0.4, -0.2) is 40.1 Å². The Morgan fingerprint density at radius 1 is 1.42 bits per heavy atom. The van der Waals surface area contributed by atoms with Crippen LogP contribution in [0.1, 0.15) is 36.0 Å². The summed E-state index contributed by atoms with van der Waals surface area (Å²) in [7, 11) is 1.56. The van der Waals surface area contributed by atoms with Gasteiger partial charge in [0.2, 0.25) is 0 Å². The third kappa shape index (κ3) is 3.73. The molecule has 1 amide bonds. The fraction of sp³-hybridized carbons (Fsp3) is 0.444. The maximum atomic E-state index is 13.0. The minimum absolute atomic E-state index is 0.0267. The van der Waals surface area contributed by atoms with Gasteiger partial charge >= 0.3 is 0 Å². The molecule has 24 heavy (non-hydrogen) atoms. The van der Waals surface area contributed by atoms with Gasteiger partial charge in [0.1, 0.15) is 5.75 Å². The van der Waals surface area contributed by atoms with Crippen molar-refractivity contribution in [1.29, 1.82) is 0 Å². The topological polar surface area (TPSA) is 47.4 Å². The van der Waals surface area contributed by atoms with Gasteiger partial charge in [-0.3, -0.25) is 4.79 Å². The molecule has 0 radical (unpaired) electrons. The minimum Gasteiger partial charge on any atom is -0.496 e. The Balaban J connectivity index is 1.75. The molecule has 0 N–H and O–H groups in total. The van der Waals surface area contributed by atoms with Crippen molar-refractivity contribution in [3.63, 3.8) is 0 Å². The zero-order valence-corrected chi connectivity index (χ0v) is 14.6. The summed E-state index contributed by atoms with van der Waals surface area (Å²) in [5.41, 5.74) is 0.580. The summed E-state index contributed by atoms with van der Waals surface area (Å²) in [5, 5.41) is 0.568. The van der Waals surface area contributed by atoms with Gasteiger partial charge < -0.3 is 14.2 Å². The molecule has 1 fully saturated rings. The monoisotopic (exact) mass is 347 g/mol. The lowest BCUT2D eigenvalue weighted by atomic mass is 9.98. The van der Waals surface area contributed by atoms with Gasteiger partial charge in [0.15, 0.2) is 0 Å². The van der Waals surface area contributed by atoms with E-state index in [9.17, 15) is 4.79 Å². The number of carbonyl (C=O) groups excluding carboxylic acids is 1. The Hall–Kier alpha value is -2.01. The Bertz CT molecular complexity index is 688. The van der Waals surface area contributed by atoms with Crippen LogP contribution in [0, 0.1) is 0 Å². The summed E-state index contributed by atoms with van der Waals surface area (Å²) >= 11 is 6.01. The van der Waals surface area contributed by atoms with Crippen LogP contribution in [0.15, 0.2) is 36.9 Å². The van der Waals surface area contributed by atoms with Crippen LogP contribution in [0.4, 0.5) is 0 Å². The van der Waals surface area contributed by atoms with Gasteiger partial charge in [0.05, 0.1) is 19.0 Å². The highest BCUT2D eigenvalue weighted by Crippen LogP contribution is 2.28. The van der Waals surface area contributed by atoms with Crippen LogP contribution in [0.2, 0.25) is 5.02 Å². The fourth-order valence-electron chi connectivity index (χ4n) is 3.28. The molecule has 128 valence electrons. The molecule has 1 aromatic heterocycles. The molecule has 0 bridgehead atoms. The molecule has 2 heterocycles. The highest BCUT2D eigenvalue weighted by atomic mass is 35.5. The van der Waals surface area contributed by atoms with Crippen LogP contribution in [0.5, 0.6) is 5.75 Å². The van der Waals surface area contributed by atoms with Gasteiger partial charge in [-0.25, -0.2) is 4.98 Å². The zero-order chi connectivity index (χ0) is 16.9. The number of imidazole rings is 1. The van der Waals surface area contributed by atoms with Crippen LogP contribution in [0.3, 0.4) is 0 Å². The number of methoxy groups -OCH3 is 1. The lowest BCUT2D eigenvalue weighted by Crippen LogP contribution is -2.44. The van der Waals surface area contributed by atoms with Crippen LogP contribution in [-0.2, 0) is 6.54 Å². The second-order valence-corrected chi connectivity index (χ2v) is 6.52. The van der Waals surface area contributed by atoms with Crippen LogP contribution < -0.4 is 4.74 Å². The molecule has 1 aromatic carbocycles. The van der Waals surface area contributed by atoms with E-state index < -0.39 is 0 Å². The van der Waals surface area contributed by atoms with E-state index >= 15 is 0 Å². The molecule has 1 aliphatic heterocycles.